The topological polar surface area (TPSA) is 21.3 Å². The van der Waals surface area contributed by atoms with Gasteiger partial charge in [0.05, 0.1) is 5.60 Å². The monoisotopic (exact) mass is 157 g/mol. The van der Waals surface area contributed by atoms with E-state index in [9.17, 15) is 0 Å². The minimum atomic E-state index is -0.122. The molecule has 0 aliphatic rings. The van der Waals surface area contributed by atoms with Gasteiger partial charge in [0.15, 0.2) is 0 Å². The Morgan fingerprint density at radius 3 is 2.45 bits per heavy atom. The Kier molecular flexibility index (Phi) is 4.38. The average Bonchev–Trinajstić information content (AvgIpc) is 2.00. The first-order valence-corrected chi connectivity index (χ1v) is 3.91. The highest BCUT2D eigenvalue weighted by atomic mass is 16.5. The minimum Gasteiger partial charge on any atom is -0.377 e. The van der Waals surface area contributed by atoms with E-state index in [1.807, 2.05) is 13.1 Å². The van der Waals surface area contributed by atoms with E-state index in [1.165, 1.54) is 0 Å². The third-order valence-corrected chi connectivity index (χ3v) is 2.12. The molecule has 0 rings (SSSR count). The van der Waals surface area contributed by atoms with E-state index < -0.39 is 0 Å². The molecule has 0 aromatic rings. The van der Waals surface area contributed by atoms with Crippen molar-refractivity contribution < 1.29 is 4.74 Å². The molecule has 0 aromatic heterocycles. The predicted octanol–water partition coefficient (Wildman–Crippen LogP) is 1.58. The zero-order valence-electron chi connectivity index (χ0n) is 7.98. The van der Waals surface area contributed by atoms with Gasteiger partial charge in [-0.3, -0.25) is 0 Å². The van der Waals surface area contributed by atoms with E-state index in [1.54, 1.807) is 7.11 Å². The molecule has 0 amide bonds. The van der Waals surface area contributed by atoms with Crippen LogP contribution in [0.5, 0.6) is 0 Å². The van der Waals surface area contributed by atoms with Crippen LogP contribution in [0.1, 0.15) is 20.3 Å². The first kappa shape index (κ1) is 10.7. The van der Waals surface area contributed by atoms with Crippen molar-refractivity contribution in [3.63, 3.8) is 0 Å². The lowest BCUT2D eigenvalue weighted by atomic mass is 9.96. The standard InChI is InChI=1S/C9H19NO/c1-6-7-8(10-4)9(2,3)11-5/h6,8,10H,1,7H2,2-5H3. The molecule has 0 bridgehead atoms. The first-order valence-electron chi connectivity index (χ1n) is 3.91. The summed E-state index contributed by atoms with van der Waals surface area (Å²) in [5.41, 5.74) is -0.122. The number of likely N-dealkylation sites (N-methyl/N-ethyl adjacent to an activating group) is 1. The smallest absolute Gasteiger partial charge is 0.0777 e. The van der Waals surface area contributed by atoms with Gasteiger partial charge in [-0.2, -0.15) is 0 Å². The van der Waals surface area contributed by atoms with Crippen molar-refractivity contribution in [3.8, 4) is 0 Å². The van der Waals surface area contributed by atoms with Crippen molar-refractivity contribution in [2.75, 3.05) is 14.2 Å². The largest absolute Gasteiger partial charge is 0.377 e. The predicted molar refractivity (Wildman–Crippen MR) is 48.7 cm³/mol. The Labute approximate surface area is 69.6 Å². The number of hydrogen-bond acceptors (Lipinski definition) is 2. The molecule has 0 fully saturated rings. The zero-order valence-corrected chi connectivity index (χ0v) is 7.98. The maximum absolute atomic E-state index is 5.33. The fourth-order valence-corrected chi connectivity index (χ4v) is 1.06. The molecule has 0 aliphatic carbocycles. The Balaban J connectivity index is 4.10. The fourth-order valence-electron chi connectivity index (χ4n) is 1.06. The van der Waals surface area contributed by atoms with Gasteiger partial charge >= 0.3 is 0 Å². The highest BCUT2D eigenvalue weighted by Crippen LogP contribution is 2.16. The lowest BCUT2D eigenvalue weighted by molar-refractivity contribution is -0.00722. The molecular formula is C9H19NO. The lowest BCUT2D eigenvalue weighted by Crippen LogP contribution is -2.46. The van der Waals surface area contributed by atoms with Crippen molar-refractivity contribution >= 4 is 0 Å². The minimum absolute atomic E-state index is 0.122. The Hall–Kier alpha value is -0.340. The summed E-state index contributed by atoms with van der Waals surface area (Å²) in [6.45, 7) is 7.83. The summed E-state index contributed by atoms with van der Waals surface area (Å²) in [5.74, 6) is 0. The number of methoxy groups -OCH3 is 1. The van der Waals surface area contributed by atoms with Crippen molar-refractivity contribution in [1.29, 1.82) is 0 Å². The molecule has 0 saturated carbocycles. The summed E-state index contributed by atoms with van der Waals surface area (Å²) < 4.78 is 5.33. The van der Waals surface area contributed by atoms with Gasteiger partial charge in [-0.1, -0.05) is 6.08 Å². The van der Waals surface area contributed by atoms with E-state index in [4.69, 9.17) is 4.74 Å². The Morgan fingerprint density at radius 2 is 2.18 bits per heavy atom. The van der Waals surface area contributed by atoms with Crippen LogP contribution in [-0.2, 0) is 4.74 Å². The van der Waals surface area contributed by atoms with Crippen LogP contribution in [0.25, 0.3) is 0 Å². The van der Waals surface area contributed by atoms with Crippen molar-refractivity contribution in [2.24, 2.45) is 0 Å². The average molecular weight is 157 g/mol. The van der Waals surface area contributed by atoms with Crippen LogP contribution >= 0.6 is 0 Å². The molecule has 0 aliphatic heterocycles. The van der Waals surface area contributed by atoms with Crippen LogP contribution < -0.4 is 5.32 Å². The van der Waals surface area contributed by atoms with Crippen LogP contribution in [0, 0.1) is 0 Å². The Bertz CT molecular complexity index is 121. The van der Waals surface area contributed by atoms with Gasteiger partial charge in [0.2, 0.25) is 0 Å². The van der Waals surface area contributed by atoms with Gasteiger partial charge in [-0.05, 0) is 27.3 Å². The fraction of sp³-hybridized carbons (Fsp3) is 0.778. The molecule has 1 N–H and O–H groups in total. The summed E-state index contributed by atoms with van der Waals surface area (Å²) in [6.07, 6.45) is 2.83. The Morgan fingerprint density at radius 1 is 1.64 bits per heavy atom. The highest BCUT2D eigenvalue weighted by molar-refractivity contribution is 4.89. The lowest BCUT2D eigenvalue weighted by Gasteiger charge is -2.32. The van der Waals surface area contributed by atoms with Gasteiger partial charge in [0.1, 0.15) is 0 Å². The highest BCUT2D eigenvalue weighted by Gasteiger charge is 2.26. The van der Waals surface area contributed by atoms with Crippen molar-refractivity contribution in [3.05, 3.63) is 12.7 Å². The molecule has 0 heterocycles. The second kappa shape index (κ2) is 4.52. The third-order valence-electron chi connectivity index (χ3n) is 2.12. The van der Waals surface area contributed by atoms with Gasteiger partial charge in [0, 0.05) is 13.2 Å². The number of rotatable bonds is 5. The van der Waals surface area contributed by atoms with Crippen LogP contribution in [0.15, 0.2) is 12.7 Å². The molecule has 2 heteroatoms. The van der Waals surface area contributed by atoms with Crippen molar-refractivity contribution in [2.45, 2.75) is 31.9 Å². The summed E-state index contributed by atoms with van der Waals surface area (Å²) in [4.78, 5) is 0. The summed E-state index contributed by atoms with van der Waals surface area (Å²) in [7, 11) is 3.67. The SMILES string of the molecule is C=CCC(NC)C(C)(C)OC. The van der Waals surface area contributed by atoms with E-state index in [2.05, 4.69) is 25.7 Å². The molecule has 0 aromatic carbocycles. The second-order valence-corrected chi connectivity index (χ2v) is 3.17. The number of ether oxygens (including phenoxy) is 1. The van der Waals surface area contributed by atoms with Crippen molar-refractivity contribution in [1.82, 2.24) is 5.32 Å². The normalized spacial score (nSPS) is 14.5. The second-order valence-electron chi connectivity index (χ2n) is 3.17. The first-order chi connectivity index (χ1) is 5.08. The van der Waals surface area contributed by atoms with Gasteiger partial charge < -0.3 is 10.1 Å². The maximum atomic E-state index is 5.33. The molecular weight excluding hydrogens is 138 g/mol. The summed E-state index contributed by atoms with van der Waals surface area (Å²) >= 11 is 0. The van der Waals surface area contributed by atoms with E-state index in [-0.39, 0.29) is 5.60 Å². The summed E-state index contributed by atoms with van der Waals surface area (Å²) in [6, 6.07) is 0.338. The molecule has 1 atom stereocenters. The maximum Gasteiger partial charge on any atom is 0.0777 e. The molecule has 1 unspecified atom stereocenters. The van der Waals surface area contributed by atoms with Crippen LogP contribution in [0.4, 0.5) is 0 Å². The van der Waals surface area contributed by atoms with Gasteiger partial charge in [-0.25, -0.2) is 0 Å². The molecule has 0 spiro atoms. The van der Waals surface area contributed by atoms with Crippen LogP contribution in [-0.4, -0.2) is 25.8 Å². The molecule has 0 radical (unpaired) electrons. The van der Waals surface area contributed by atoms with Gasteiger partial charge in [-0.15, -0.1) is 6.58 Å². The molecule has 66 valence electrons. The molecule has 0 saturated heterocycles. The van der Waals surface area contributed by atoms with Crippen LogP contribution in [0.2, 0.25) is 0 Å². The molecule has 11 heavy (non-hydrogen) atoms. The summed E-state index contributed by atoms with van der Waals surface area (Å²) in [5, 5.41) is 3.20. The van der Waals surface area contributed by atoms with E-state index in [0.717, 1.165) is 6.42 Å². The van der Waals surface area contributed by atoms with Crippen LogP contribution in [0.3, 0.4) is 0 Å². The molecule has 2 nitrogen and oxygen atoms in total. The van der Waals surface area contributed by atoms with E-state index >= 15 is 0 Å². The quantitative estimate of drug-likeness (QED) is 0.612. The van der Waals surface area contributed by atoms with Gasteiger partial charge in [0.25, 0.3) is 0 Å². The number of nitrogens with one attached hydrogen (secondary N) is 1. The third kappa shape index (κ3) is 3.04. The number of hydrogen-bond donors (Lipinski definition) is 1. The van der Waals surface area contributed by atoms with E-state index in [0.29, 0.717) is 6.04 Å². The zero-order chi connectivity index (χ0) is 8.91.